The number of carbonyl (C=O) groups excluding carboxylic acids is 3. The molecule has 3 aliphatic heterocycles. The highest BCUT2D eigenvalue weighted by Gasteiger charge is 2.57. The lowest BCUT2D eigenvalue weighted by atomic mass is 9.88. The summed E-state index contributed by atoms with van der Waals surface area (Å²) < 4.78 is 35.4. The number of aliphatic carboxylic acids is 1. The predicted octanol–water partition coefficient (Wildman–Crippen LogP) is 4.56. The van der Waals surface area contributed by atoms with Gasteiger partial charge in [-0.2, -0.15) is 0 Å². The molecule has 0 bridgehead atoms. The van der Waals surface area contributed by atoms with E-state index in [1.165, 1.54) is 129 Å². The average Bonchev–Trinajstić information content (AvgIpc) is 1.95. The minimum absolute atomic E-state index is 0.0803. The second-order valence-corrected chi connectivity index (χ2v) is 23.9. The summed E-state index contributed by atoms with van der Waals surface area (Å²) in [6.07, 6.45) is 11.6. The van der Waals surface area contributed by atoms with Crippen molar-refractivity contribution in [3.8, 4) is 0 Å². The number of amides is 3. The first-order valence-electron chi connectivity index (χ1n) is 32.3. The number of unbranched alkanes of at least 4 members (excludes halogenated alkanes) is 27. The lowest BCUT2D eigenvalue weighted by Gasteiger charge is -2.48. The molecule has 3 rings (SSSR count). The molecule has 0 aromatic carbocycles. The van der Waals surface area contributed by atoms with Crippen LogP contribution in [0.1, 0.15) is 233 Å². The maximum absolute atomic E-state index is 13.4. The predicted molar refractivity (Wildman–Crippen MR) is 312 cm³/mol. The van der Waals surface area contributed by atoms with E-state index in [0.717, 1.165) is 71.1 Å². The second kappa shape index (κ2) is 43.0. The van der Waals surface area contributed by atoms with E-state index >= 15 is 0 Å². The van der Waals surface area contributed by atoms with E-state index in [2.05, 4.69) is 29.8 Å². The van der Waals surface area contributed by atoms with E-state index in [-0.39, 0.29) is 12.5 Å². The van der Waals surface area contributed by atoms with Crippen LogP contribution >= 0.6 is 0 Å². The Labute approximate surface area is 500 Å². The van der Waals surface area contributed by atoms with Crippen molar-refractivity contribution < 1.29 is 98.7 Å². The number of rotatable bonds is 47. The Balaban J connectivity index is 1.58. The summed E-state index contributed by atoms with van der Waals surface area (Å²) in [4.78, 5) is 50.8. The fourth-order valence-electron chi connectivity index (χ4n) is 11.5. The molecule has 0 aromatic rings. The van der Waals surface area contributed by atoms with Gasteiger partial charge in [0.25, 0.3) is 5.79 Å². The van der Waals surface area contributed by atoms with Crippen LogP contribution in [0.3, 0.4) is 0 Å². The van der Waals surface area contributed by atoms with Gasteiger partial charge < -0.3 is 95.4 Å². The first-order valence-corrected chi connectivity index (χ1v) is 32.3. The fraction of sp³-hybridized carbons (Fsp3) is 0.934. The van der Waals surface area contributed by atoms with Gasteiger partial charge in [0.15, 0.2) is 12.6 Å². The molecule has 84 heavy (non-hydrogen) atoms. The number of hydrogen-bond donors (Lipinski definition) is 13. The molecule has 0 aromatic heterocycles. The topological polar surface area (TPSA) is 362 Å². The Bertz CT molecular complexity index is 1780. The summed E-state index contributed by atoms with van der Waals surface area (Å²) in [5.41, 5.74) is 0. The third-order valence-corrected chi connectivity index (χ3v) is 16.6. The van der Waals surface area contributed by atoms with Gasteiger partial charge in [-0.15, -0.1) is 0 Å². The van der Waals surface area contributed by atoms with Crippen LogP contribution < -0.4 is 16.0 Å². The van der Waals surface area contributed by atoms with Crippen LogP contribution in [0.2, 0.25) is 0 Å². The van der Waals surface area contributed by atoms with Crippen molar-refractivity contribution in [2.75, 3.05) is 26.4 Å². The Hall–Kier alpha value is -2.72. The van der Waals surface area contributed by atoms with E-state index in [0.29, 0.717) is 12.8 Å². The van der Waals surface area contributed by atoms with E-state index in [1.807, 2.05) is 0 Å². The number of ether oxygens (including phenoxy) is 6. The van der Waals surface area contributed by atoms with Crippen LogP contribution in [-0.2, 0) is 47.6 Å². The highest BCUT2D eigenvalue weighted by atomic mass is 16.8. The van der Waals surface area contributed by atoms with Crippen LogP contribution in [-0.4, -0.2) is 205 Å². The molecule has 0 saturated carbocycles. The smallest absolute Gasteiger partial charge is 0.364 e. The number of carboxylic acids is 1. The molecular weight excluding hydrogens is 1090 g/mol. The molecule has 3 aliphatic rings. The molecule has 3 fully saturated rings. The molecule has 23 heteroatoms. The minimum Gasteiger partial charge on any atom is -0.477 e. The number of hydrogen-bond acceptors (Lipinski definition) is 19. The minimum atomic E-state index is -2.87. The van der Waals surface area contributed by atoms with Crippen molar-refractivity contribution in [3.05, 3.63) is 0 Å². The van der Waals surface area contributed by atoms with E-state index in [4.69, 9.17) is 28.4 Å². The zero-order valence-corrected chi connectivity index (χ0v) is 51.2. The molecule has 3 amide bonds. The van der Waals surface area contributed by atoms with Crippen LogP contribution in [0.15, 0.2) is 0 Å². The van der Waals surface area contributed by atoms with Crippen LogP contribution in [0, 0.1) is 0 Å². The van der Waals surface area contributed by atoms with Gasteiger partial charge in [-0.1, -0.05) is 194 Å². The second-order valence-electron chi connectivity index (χ2n) is 23.9. The molecule has 492 valence electrons. The van der Waals surface area contributed by atoms with Gasteiger partial charge in [0.05, 0.1) is 44.6 Å². The van der Waals surface area contributed by atoms with Crippen molar-refractivity contribution in [2.24, 2.45) is 0 Å². The van der Waals surface area contributed by atoms with Gasteiger partial charge in [0.1, 0.15) is 67.1 Å². The summed E-state index contributed by atoms with van der Waals surface area (Å²) in [6, 6.07) is -3.34. The zero-order chi connectivity index (χ0) is 61.9. The highest BCUT2D eigenvalue weighted by Crippen LogP contribution is 2.36. The standard InChI is InChI=1S/C61H113N3O20/c1-5-7-9-11-13-15-16-17-18-19-20-21-22-23-24-25-26-27-29-31-33-35-48(71)64-43(34-32-30-28-14-12-10-8-6-2)39-79-58-50(63-42(4)68)53(74)56(46(38-66)81-58)83-59-55(76)54(75)52(73)47(82-59)40-80-61(60(77)78)36-44(69)49(62-41(3)67)57(84-61)51(72)45(70)37-65/h43-47,49-59,65-66,69-70,72-76H,5-40H2,1-4H3,(H,62,67)(H,63,68)(H,64,71)(H,77,78)/t43-,44-,45+,46+,47+,49+,50+,51+,52-,53+,54-,55+,56+,57+,58+,59-,61+/m0/s1. The Morgan fingerprint density at radius 2 is 1.05 bits per heavy atom. The Morgan fingerprint density at radius 1 is 0.583 bits per heavy atom. The molecule has 0 unspecified atom stereocenters. The SMILES string of the molecule is CCCCCCCCCCCCCCCCCCCCCCCC(=O)N[C@@H](CCCCCCCCCC)CO[C@@H]1O[C@H](CO)[C@@H](O[C@@H]2O[C@H](CO[C@]3(C(=O)O)C[C@H](O)[C@@H](NC(C)=O)[C@H]([C@H](O)[C@H](O)CO)O3)[C@H](O)[C@H](O)[C@H]2O)[C@H](O)[C@H]1NC(C)=O. The molecule has 13 N–H and O–H groups in total. The van der Waals surface area contributed by atoms with Crippen molar-refractivity contribution >= 4 is 23.7 Å². The molecule has 0 spiro atoms. The first-order chi connectivity index (χ1) is 40.3. The lowest BCUT2D eigenvalue weighted by Crippen LogP contribution is -2.69. The quantitative estimate of drug-likeness (QED) is 0.0371. The summed E-state index contributed by atoms with van der Waals surface area (Å²) in [6.45, 7) is 3.81. The van der Waals surface area contributed by atoms with Gasteiger partial charge in [0.2, 0.25) is 17.7 Å². The lowest BCUT2D eigenvalue weighted by molar-refractivity contribution is -0.360. The third-order valence-electron chi connectivity index (χ3n) is 16.6. The number of nitrogens with one attached hydrogen (secondary N) is 3. The zero-order valence-electron chi connectivity index (χ0n) is 51.2. The normalized spacial score (nSPS) is 29.2. The fourth-order valence-corrected chi connectivity index (χ4v) is 11.5. The summed E-state index contributed by atoms with van der Waals surface area (Å²) >= 11 is 0. The highest BCUT2D eigenvalue weighted by molar-refractivity contribution is 5.77. The van der Waals surface area contributed by atoms with Gasteiger partial charge >= 0.3 is 5.97 Å². The summed E-state index contributed by atoms with van der Waals surface area (Å²) in [5.74, 6) is -6.19. The Morgan fingerprint density at radius 3 is 1.51 bits per heavy atom. The van der Waals surface area contributed by atoms with Crippen LogP contribution in [0.25, 0.3) is 0 Å². The molecule has 0 aliphatic carbocycles. The van der Waals surface area contributed by atoms with Crippen molar-refractivity contribution in [2.45, 2.75) is 337 Å². The maximum atomic E-state index is 13.4. The summed E-state index contributed by atoms with van der Waals surface area (Å²) in [5, 5.41) is 116. The summed E-state index contributed by atoms with van der Waals surface area (Å²) in [7, 11) is 0. The monoisotopic (exact) mass is 1210 g/mol. The molecule has 17 atom stereocenters. The molecule has 3 heterocycles. The third kappa shape index (κ3) is 27.3. The molecule has 23 nitrogen and oxygen atoms in total. The first kappa shape index (κ1) is 75.5. The van der Waals surface area contributed by atoms with Gasteiger partial charge in [-0.25, -0.2) is 4.79 Å². The van der Waals surface area contributed by atoms with Gasteiger partial charge in [-0.3, -0.25) is 14.4 Å². The van der Waals surface area contributed by atoms with E-state index in [1.54, 1.807) is 0 Å². The van der Waals surface area contributed by atoms with Crippen molar-refractivity contribution in [3.63, 3.8) is 0 Å². The number of aliphatic hydroxyl groups is 9. The largest absolute Gasteiger partial charge is 0.477 e. The number of aliphatic hydroxyl groups excluding tert-OH is 9. The number of carbonyl (C=O) groups is 4. The van der Waals surface area contributed by atoms with Crippen LogP contribution in [0.5, 0.6) is 0 Å². The van der Waals surface area contributed by atoms with Gasteiger partial charge in [-0.05, 0) is 12.8 Å². The van der Waals surface area contributed by atoms with Crippen molar-refractivity contribution in [1.82, 2.24) is 16.0 Å². The molecular formula is C61H113N3O20. The maximum Gasteiger partial charge on any atom is 0.364 e. The van der Waals surface area contributed by atoms with Crippen molar-refractivity contribution in [1.29, 1.82) is 0 Å². The van der Waals surface area contributed by atoms with E-state index < -0.39 is 148 Å². The molecule has 3 saturated heterocycles. The molecule has 0 radical (unpaired) electrons. The van der Waals surface area contributed by atoms with Crippen LogP contribution in [0.4, 0.5) is 0 Å². The van der Waals surface area contributed by atoms with E-state index in [9.17, 15) is 70.2 Å². The van der Waals surface area contributed by atoms with Gasteiger partial charge in [0, 0.05) is 26.7 Å². The average molecular weight is 1210 g/mol. The number of carboxylic acid groups (broad SMARTS) is 1. The Kier molecular flexibility index (Phi) is 38.7.